The molecule has 0 spiro atoms. The summed E-state index contributed by atoms with van der Waals surface area (Å²) in [7, 11) is 0. The van der Waals surface area contributed by atoms with E-state index in [-0.39, 0.29) is 12.1 Å². The van der Waals surface area contributed by atoms with Gasteiger partial charge in [-0.05, 0) is 49.8 Å². The summed E-state index contributed by atoms with van der Waals surface area (Å²) in [6, 6.07) is 5.77. The highest BCUT2D eigenvalue weighted by Crippen LogP contribution is 2.36. The lowest BCUT2D eigenvalue weighted by Gasteiger charge is -2.38. The van der Waals surface area contributed by atoms with Crippen molar-refractivity contribution in [2.45, 2.75) is 38.1 Å². The largest absolute Gasteiger partial charge is 0.399 e. The van der Waals surface area contributed by atoms with Crippen molar-refractivity contribution in [2.75, 3.05) is 17.7 Å². The summed E-state index contributed by atoms with van der Waals surface area (Å²) in [6.07, 6.45) is 4.32. The second kappa shape index (κ2) is 5.22. The molecule has 2 aromatic rings. The van der Waals surface area contributed by atoms with Gasteiger partial charge in [0.05, 0.1) is 22.4 Å². The molecule has 0 radical (unpaired) electrons. The lowest BCUT2D eigenvalue weighted by atomic mass is 9.78. The number of anilines is 2. The van der Waals surface area contributed by atoms with Crippen LogP contribution in [0.3, 0.4) is 0 Å². The smallest absolute Gasteiger partial charge is 0.184 e. The Kier molecular flexibility index (Phi) is 3.56. The van der Waals surface area contributed by atoms with Crippen LogP contribution >= 0.6 is 11.3 Å². The van der Waals surface area contributed by atoms with E-state index in [0.717, 1.165) is 52.6 Å². The first-order valence-corrected chi connectivity index (χ1v) is 7.97. The summed E-state index contributed by atoms with van der Waals surface area (Å²) >= 11 is 1.61. The van der Waals surface area contributed by atoms with Crippen LogP contribution in [0.25, 0.3) is 10.2 Å². The fourth-order valence-electron chi connectivity index (χ4n) is 2.86. The van der Waals surface area contributed by atoms with Gasteiger partial charge < -0.3 is 16.2 Å². The summed E-state index contributed by atoms with van der Waals surface area (Å²) in [5.74, 6) is 0.756. The monoisotopic (exact) mass is 291 g/mol. The second-order valence-corrected chi connectivity index (χ2v) is 7.02. The van der Waals surface area contributed by atoms with Gasteiger partial charge in [-0.2, -0.15) is 0 Å². The first kappa shape index (κ1) is 13.6. The highest BCUT2D eigenvalue weighted by molar-refractivity contribution is 7.22. The SMILES string of the molecule is CC1CCC(CO)(Nc2nc3ccc(N)cc3s2)CC1. The Hall–Kier alpha value is -1.33. The molecule has 108 valence electrons. The van der Waals surface area contributed by atoms with E-state index in [4.69, 9.17) is 5.73 Å². The first-order chi connectivity index (χ1) is 9.60. The number of thiazole rings is 1. The van der Waals surface area contributed by atoms with Crippen molar-refractivity contribution in [1.29, 1.82) is 0 Å². The van der Waals surface area contributed by atoms with Gasteiger partial charge in [0.1, 0.15) is 0 Å². The fraction of sp³-hybridized carbons (Fsp3) is 0.533. The molecule has 1 fully saturated rings. The summed E-state index contributed by atoms with van der Waals surface area (Å²) in [5, 5.41) is 14.2. The van der Waals surface area contributed by atoms with Crippen LogP contribution in [0, 0.1) is 5.92 Å². The Bertz CT molecular complexity index is 602. The van der Waals surface area contributed by atoms with E-state index in [1.165, 1.54) is 0 Å². The second-order valence-electron chi connectivity index (χ2n) is 5.99. The van der Waals surface area contributed by atoms with E-state index < -0.39 is 0 Å². The zero-order valence-electron chi connectivity index (χ0n) is 11.7. The molecule has 4 nitrogen and oxygen atoms in total. The van der Waals surface area contributed by atoms with E-state index in [9.17, 15) is 5.11 Å². The van der Waals surface area contributed by atoms with E-state index in [2.05, 4.69) is 17.2 Å². The zero-order valence-corrected chi connectivity index (χ0v) is 12.5. The quantitative estimate of drug-likeness (QED) is 0.759. The molecule has 0 saturated heterocycles. The number of aromatic nitrogens is 1. The Balaban J connectivity index is 1.84. The maximum atomic E-state index is 9.80. The van der Waals surface area contributed by atoms with Crippen LogP contribution in [-0.4, -0.2) is 22.2 Å². The molecule has 20 heavy (non-hydrogen) atoms. The molecule has 0 bridgehead atoms. The Morgan fingerprint density at radius 3 is 2.90 bits per heavy atom. The number of fused-ring (bicyclic) bond motifs is 1. The first-order valence-electron chi connectivity index (χ1n) is 7.15. The molecule has 1 saturated carbocycles. The molecule has 1 aromatic carbocycles. The molecule has 1 aliphatic rings. The minimum absolute atomic E-state index is 0.164. The molecule has 0 aliphatic heterocycles. The lowest BCUT2D eigenvalue weighted by Crippen LogP contribution is -2.45. The van der Waals surface area contributed by atoms with Gasteiger partial charge in [-0.15, -0.1) is 0 Å². The number of hydrogen-bond acceptors (Lipinski definition) is 5. The molecule has 0 atom stereocenters. The summed E-state index contributed by atoms with van der Waals surface area (Å²) in [5.41, 5.74) is 7.32. The third kappa shape index (κ3) is 2.60. The van der Waals surface area contributed by atoms with Crippen LogP contribution in [0.5, 0.6) is 0 Å². The average molecular weight is 291 g/mol. The van der Waals surface area contributed by atoms with Crippen LogP contribution in [-0.2, 0) is 0 Å². The van der Waals surface area contributed by atoms with Gasteiger partial charge in [0, 0.05) is 5.69 Å². The number of aliphatic hydroxyl groups excluding tert-OH is 1. The van der Waals surface area contributed by atoms with Gasteiger partial charge >= 0.3 is 0 Å². The molecule has 1 heterocycles. The van der Waals surface area contributed by atoms with Gasteiger partial charge in [0.25, 0.3) is 0 Å². The minimum Gasteiger partial charge on any atom is -0.399 e. The Morgan fingerprint density at radius 2 is 2.20 bits per heavy atom. The molecule has 5 heteroatoms. The number of nitrogen functional groups attached to an aromatic ring is 1. The van der Waals surface area contributed by atoms with Crippen LogP contribution in [0.2, 0.25) is 0 Å². The Labute approximate surface area is 123 Å². The summed E-state index contributed by atoms with van der Waals surface area (Å²) in [4.78, 5) is 4.60. The van der Waals surface area contributed by atoms with E-state index in [1.807, 2.05) is 18.2 Å². The number of nitrogens with one attached hydrogen (secondary N) is 1. The molecular formula is C15H21N3OS. The summed E-state index contributed by atoms with van der Waals surface area (Å²) < 4.78 is 1.09. The molecule has 0 unspecified atom stereocenters. The molecule has 4 N–H and O–H groups in total. The highest BCUT2D eigenvalue weighted by Gasteiger charge is 2.34. The predicted octanol–water partition coefficient (Wildman–Crippen LogP) is 3.23. The molecule has 3 rings (SSSR count). The van der Waals surface area contributed by atoms with Crippen LogP contribution in [0.1, 0.15) is 32.6 Å². The predicted molar refractivity (Wildman–Crippen MR) is 85.1 cm³/mol. The number of rotatable bonds is 3. The highest BCUT2D eigenvalue weighted by atomic mass is 32.1. The third-order valence-corrected chi connectivity index (χ3v) is 5.25. The van der Waals surface area contributed by atoms with Crippen molar-refractivity contribution < 1.29 is 5.11 Å². The van der Waals surface area contributed by atoms with Crippen LogP contribution in [0.15, 0.2) is 18.2 Å². The number of benzene rings is 1. The lowest BCUT2D eigenvalue weighted by molar-refractivity contribution is 0.155. The minimum atomic E-state index is -0.202. The molecule has 1 aliphatic carbocycles. The summed E-state index contributed by atoms with van der Waals surface area (Å²) in [6.45, 7) is 2.44. The standard InChI is InChI=1S/C15H21N3OS/c1-10-4-6-15(9-19,7-5-10)18-14-17-12-3-2-11(16)8-13(12)20-14/h2-3,8,10,19H,4-7,9,16H2,1H3,(H,17,18). The zero-order chi connectivity index (χ0) is 14.2. The van der Waals surface area contributed by atoms with Gasteiger partial charge in [0.15, 0.2) is 5.13 Å². The average Bonchev–Trinajstić information content (AvgIpc) is 2.83. The fourth-order valence-corrected chi connectivity index (χ4v) is 3.89. The number of nitrogens with zero attached hydrogens (tertiary/aromatic N) is 1. The van der Waals surface area contributed by atoms with Crippen molar-refractivity contribution in [3.63, 3.8) is 0 Å². The van der Waals surface area contributed by atoms with Crippen molar-refractivity contribution in [1.82, 2.24) is 4.98 Å². The van der Waals surface area contributed by atoms with Crippen molar-refractivity contribution >= 4 is 32.4 Å². The topological polar surface area (TPSA) is 71.2 Å². The maximum Gasteiger partial charge on any atom is 0.184 e. The molecule has 1 aromatic heterocycles. The van der Waals surface area contributed by atoms with Crippen molar-refractivity contribution in [3.8, 4) is 0 Å². The Morgan fingerprint density at radius 1 is 1.45 bits per heavy atom. The van der Waals surface area contributed by atoms with Gasteiger partial charge in [0.2, 0.25) is 0 Å². The number of hydrogen-bond donors (Lipinski definition) is 3. The van der Waals surface area contributed by atoms with Crippen molar-refractivity contribution in [3.05, 3.63) is 18.2 Å². The van der Waals surface area contributed by atoms with Crippen molar-refractivity contribution in [2.24, 2.45) is 5.92 Å². The molecular weight excluding hydrogens is 270 g/mol. The van der Waals surface area contributed by atoms with E-state index in [0.29, 0.717) is 0 Å². The van der Waals surface area contributed by atoms with Crippen LogP contribution < -0.4 is 11.1 Å². The van der Waals surface area contributed by atoms with E-state index >= 15 is 0 Å². The molecule has 0 amide bonds. The normalized spacial score (nSPS) is 26.8. The third-order valence-electron chi connectivity index (χ3n) is 4.32. The maximum absolute atomic E-state index is 9.80. The number of nitrogens with two attached hydrogens (primary N) is 1. The van der Waals surface area contributed by atoms with Gasteiger partial charge in [-0.25, -0.2) is 4.98 Å². The van der Waals surface area contributed by atoms with Gasteiger partial charge in [-0.1, -0.05) is 18.3 Å². The van der Waals surface area contributed by atoms with Gasteiger partial charge in [-0.3, -0.25) is 0 Å². The number of aliphatic hydroxyl groups is 1. The van der Waals surface area contributed by atoms with E-state index in [1.54, 1.807) is 11.3 Å². The van der Waals surface area contributed by atoms with Crippen LogP contribution in [0.4, 0.5) is 10.8 Å².